The third-order valence-electron chi connectivity index (χ3n) is 9.59. The highest BCUT2D eigenvalue weighted by Gasteiger charge is 2.59. The fourth-order valence-electron chi connectivity index (χ4n) is 7.84. The summed E-state index contributed by atoms with van der Waals surface area (Å²) in [5.41, 5.74) is -4.56. The van der Waals surface area contributed by atoms with Gasteiger partial charge in [0.25, 0.3) is 0 Å². The van der Waals surface area contributed by atoms with Crippen LogP contribution >= 0.6 is 11.8 Å². The van der Waals surface area contributed by atoms with E-state index in [9.17, 15) is 35.9 Å². The maximum Gasteiger partial charge on any atom is 0.418 e. The maximum atomic E-state index is 13.6. The molecule has 5 rings (SSSR count). The highest BCUT2D eigenvalue weighted by Crippen LogP contribution is 2.66. The predicted molar refractivity (Wildman–Crippen MR) is 128 cm³/mol. The van der Waals surface area contributed by atoms with Crippen LogP contribution in [0.1, 0.15) is 63.5 Å². The number of halogens is 6. The summed E-state index contributed by atoms with van der Waals surface area (Å²) >= 11 is 1.39. The number of carbonyl (C=O) groups excluding carboxylic acids is 2. The van der Waals surface area contributed by atoms with Gasteiger partial charge in [-0.1, -0.05) is 37.8 Å². The highest BCUT2D eigenvalue weighted by atomic mass is 32.2. The van der Waals surface area contributed by atoms with Crippen molar-refractivity contribution in [3.63, 3.8) is 0 Å². The zero-order valence-corrected chi connectivity index (χ0v) is 21.3. The van der Waals surface area contributed by atoms with E-state index in [1.54, 1.807) is 6.08 Å². The molecule has 4 aliphatic rings. The summed E-state index contributed by atoms with van der Waals surface area (Å²) in [6, 6.07) is 1.82. The van der Waals surface area contributed by atoms with Gasteiger partial charge in [-0.15, -0.1) is 0 Å². The Morgan fingerprint density at radius 1 is 1.00 bits per heavy atom. The molecule has 3 fully saturated rings. The average molecular weight is 546 g/mol. The van der Waals surface area contributed by atoms with E-state index in [4.69, 9.17) is 0 Å². The van der Waals surface area contributed by atoms with Crippen molar-refractivity contribution in [3.05, 3.63) is 41.5 Å². The summed E-state index contributed by atoms with van der Waals surface area (Å²) in [6.45, 7) is 4.30. The number of amides is 1. The third-order valence-corrected chi connectivity index (χ3v) is 11.0. The molecule has 0 aromatic heterocycles. The Kier molecular flexibility index (Phi) is 6.32. The van der Waals surface area contributed by atoms with E-state index in [-0.39, 0.29) is 27.1 Å². The van der Waals surface area contributed by atoms with E-state index in [0.717, 1.165) is 25.7 Å². The smallest absolute Gasteiger partial charge is 0.325 e. The molecule has 1 heterocycles. The third kappa shape index (κ3) is 4.51. The first-order chi connectivity index (χ1) is 17.1. The van der Waals surface area contributed by atoms with Crippen LogP contribution in [0.3, 0.4) is 0 Å². The summed E-state index contributed by atoms with van der Waals surface area (Å²) in [7, 11) is 0. The molecule has 7 atom stereocenters. The van der Waals surface area contributed by atoms with E-state index in [0.29, 0.717) is 42.9 Å². The fraction of sp³-hybridized carbons (Fsp3) is 0.630. The van der Waals surface area contributed by atoms with Gasteiger partial charge in [0, 0.05) is 16.6 Å². The van der Waals surface area contributed by atoms with E-state index in [1.807, 2.05) is 6.08 Å². The van der Waals surface area contributed by atoms with Crippen LogP contribution in [0.2, 0.25) is 0 Å². The number of benzene rings is 1. The minimum absolute atomic E-state index is 0.0662. The lowest BCUT2D eigenvalue weighted by molar-refractivity contribution is -0.141. The summed E-state index contributed by atoms with van der Waals surface area (Å²) < 4.78 is 81.5. The van der Waals surface area contributed by atoms with Crippen LogP contribution in [0.15, 0.2) is 30.4 Å². The van der Waals surface area contributed by atoms with Crippen LogP contribution in [-0.2, 0) is 21.9 Å². The molecule has 0 saturated heterocycles. The maximum absolute atomic E-state index is 13.6. The molecule has 1 aromatic rings. The zero-order valence-electron chi connectivity index (χ0n) is 20.5. The van der Waals surface area contributed by atoms with Crippen molar-refractivity contribution in [3.8, 4) is 0 Å². The molecule has 202 valence electrons. The summed E-state index contributed by atoms with van der Waals surface area (Å²) in [6.07, 6.45) is -1.99. The highest BCUT2D eigenvalue weighted by molar-refractivity contribution is 8.14. The number of fused-ring (bicyclic) bond motifs is 5. The molecular formula is C27H29F6NO2S. The number of hydrogen-bond donors (Lipinski definition) is 1. The van der Waals surface area contributed by atoms with Crippen molar-refractivity contribution in [2.45, 2.75) is 70.0 Å². The molecule has 1 amide bonds. The van der Waals surface area contributed by atoms with E-state index >= 15 is 0 Å². The monoisotopic (exact) mass is 545 g/mol. The normalized spacial score (nSPS) is 37.5. The molecule has 37 heavy (non-hydrogen) atoms. The Balaban J connectivity index is 1.40. The lowest BCUT2D eigenvalue weighted by Crippen LogP contribution is -2.52. The number of hydrogen-bond acceptors (Lipinski definition) is 3. The largest absolute Gasteiger partial charge is 0.418 e. The van der Waals surface area contributed by atoms with Crippen molar-refractivity contribution in [2.24, 2.45) is 34.5 Å². The Labute approximate surface area is 215 Å². The number of para-hydroxylation sites is 1. The quantitative estimate of drug-likeness (QED) is 0.387. The van der Waals surface area contributed by atoms with Gasteiger partial charge in [-0.05, 0) is 79.9 Å². The standard InChI is InChI=1S/C27H29F6NO2S/c1-24-10-8-16-15(6-7-20-25(16,2)11-9-21(35)37-20)19(24)12-14(13-24)23(36)34-22-17(26(28,29)30)4-3-5-18(22)27(31,32)33/h3-5,9,11,14-16,19-20H,6-8,10,12-13H2,1-2H3,(H,34,36)/t14?,15-,16-,19+,20?,24-,25-/m1/s1. The van der Waals surface area contributed by atoms with Crippen molar-refractivity contribution in [1.82, 2.24) is 0 Å². The van der Waals surface area contributed by atoms with Crippen molar-refractivity contribution < 1.29 is 35.9 Å². The number of alkyl halides is 6. The molecule has 0 bridgehead atoms. The van der Waals surface area contributed by atoms with Crippen LogP contribution < -0.4 is 5.32 Å². The molecule has 10 heteroatoms. The average Bonchev–Trinajstić information content (AvgIpc) is 3.16. The minimum Gasteiger partial charge on any atom is -0.325 e. The number of rotatable bonds is 2. The molecule has 3 saturated carbocycles. The Morgan fingerprint density at radius 2 is 1.65 bits per heavy atom. The molecular weight excluding hydrogens is 516 g/mol. The molecule has 2 unspecified atom stereocenters. The molecule has 1 aromatic carbocycles. The lowest BCUT2D eigenvalue weighted by atomic mass is 9.50. The molecule has 1 N–H and O–H groups in total. The topological polar surface area (TPSA) is 46.2 Å². The Bertz CT molecular complexity index is 1110. The number of anilines is 1. The second kappa shape index (κ2) is 8.78. The lowest BCUT2D eigenvalue weighted by Gasteiger charge is -2.57. The van der Waals surface area contributed by atoms with Gasteiger partial charge in [0.05, 0.1) is 16.8 Å². The van der Waals surface area contributed by atoms with Gasteiger partial charge in [0.15, 0.2) is 0 Å². The van der Waals surface area contributed by atoms with Crippen LogP contribution in [-0.4, -0.2) is 16.3 Å². The zero-order chi connectivity index (χ0) is 27.0. The first-order valence-electron chi connectivity index (χ1n) is 12.6. The van der Waals surface area contributed by atoms with Gasteiger partial charge < -0.3 is 5.32 Å². The van der Waals surface area contributed by atoms with Crippen molar-refractivity contribution in [1.29, 1.82) is 0 Å². The van der Waals surface area contributed by atoms with Crippen LogP contribution in [0.4, 0.5) is 32.0 Å². The van der Waals surface area contributed by atoms with Gasteiger partial charge in [-0.25, -0.2) is 0 Å². The Morgan fingerprint density at radius 3 is 2.27 bits per heavy atom. The number of allylic oxidation sites excluding steroid dienone is 1. The minimum atomic E-state index is -5.05. The van der Waals surface area contributed by atoms with Gasteiger partial charge in [-0.2, -0.15) is 26.3 Å². The second-order valence-corrected chi connectivity index (χ2v) is 12.8. The Hall–Kier alpha value is -1.97. The van der Waals surface area contributed by atoms with Gasteiger partial charge in [0.2, 0.25) is 11.0 Å². The first kappa shape index (κ1) is 26.6. The molecule has 3 aliphatic carbocycles. The van der Waals surface area contributed by atoms with Crippen molar-refractivity contribution in [2.75, 3.05) is 5.32 Å². The van der Waals surface area contributed by atoms with Crippen LogP contribution in [0, 0.1) is 34.5 Å². The summed E-state index contributed by atoms with van der Waals surface area (Å²) in [5, 5.41) is 2.33. The van der Waals surface area contributed by atoms with Crippen LogP contribution in [0.25, 0.3) is 0 Å². The second-order valence-electron chi connectivity index (χ2n) is 11.6. The number of nitrogens with one attached hydrogen (secondary N) is 1. The van der Waals surface area contributed by atoms with E-state index in [1.165, 1.54) is 11.8 Å². The molecule has 0 spiro atoms. The molecule has 1 aliphatic heterocycles. The SMILES string of the molecule is C[C@]12CC[C@@H]3[C@@H](CCC4SC(=O)C=C[C@@]43C)[C@@H]1CC(C(=O)Nc1c(C(F)(F)F)cccc1C(F)(F)F)C2. The summed E-state index contributed by atoms with van der Waals surface area (Å²) in [5.74, 6) is -0.682. The number of thioether (sulfide) groups is 1. The van der Waals surface area contributed by atoms with Gasteiger partial charge >= 0.3 is 12.4 Å². The van der Waals surface area contributed by atoms with Crippen LogP contribution in [0.5, 0.6) is 0 Å². The first-order valence-corrected chi connectivity index (χ1v) is 13.5. The predicted octanol–water partition coefficient (Wildman–Crippen LogP) is 7.72. The fourth-order valence-corrected chi connectivity index (χ4v) is 9.03. The van der Waals surface area contributed by atoms with E-state index < -0.39 is 41.0 Å². The van der Waals surface area contributed by atoms with Gasteiger partial charge in [-0.3, -0.25) is 9.59 Å². The molecule has 0 radical (unpaired) electrons. The summed E-state index contributed by atoms with van der Waals surface area (Å²) in [4.78, 5) is 25.2. The number of carbonyl (C=O) groups is 2. The van der Waals surface area contributed by atoms with Crippen molar-refractivity contribution >= 4 is 28.5 Å². The van der Waals surface area contributed by atoms with Gasteiger partial charge in [0.1, 0.15) is 0 Å². The molecule has 3 nitrogen and oxygen atoms in total. The van der Waals surface area contributed by atoms with E-state index in [2.05, 4.69) is 19.2 Å².